The van der Waals surface area contributed by atoms with Crippen LogP contribution >= 0.6 is 15.9 Å². The molecule has 4 nitrogen and oxygen atoms in total. The minimum absolute atomic E-state index is 0.0572. The summed E-state index contributed by atoms with van der Waals surface area (Å²) in [6.07, 6.45) is 0.0175. The maximum Gasteiger partial charge on any atom is 0.387 e. The van der Waals surface area contributed by atoms with Crippen molar-refractivity contribution in [3.05, 3.63) is 94.0 Å². The summed E-state index contributed by atoms with van der Waals surface area (Å²) in [4.78, 5) is 0. The van der Waals surface area contributed by atoms with Crippen molar-refractivity contribution in [2.24, 2.45) is 5.10 Å². The van der Waals surface area contributed by atoms with Crippen LogP contribution in [0.25, 0.3) is 0 Å². The number of benzene rings is 3. The Morgan fingerprint density at radius 1 is 0.967 bits per heavy atom. The Hall–Kier alpha value is -2.93. The van der Waals surface area contributed by atoms with Crippen molar-refractivity contribution in [1.82, 2.24) is 5.01 Å². The normalized spacial score (nSPS) is 19.7. The molecule has 2 aliphatic rings. The molecule has 0 aromatic heterocycles. The number of para-hydroxylation sites is 2. The van der Waals surface area contributed by atoms with E-state index >= 15 is 0 Å². The fraction of sp³-hybridized carbons (Fsp3) is 0.174. The van der Waals surface area contributed by atoms with Gasteiger partial charge in [0.1, 0.15) is 11.5 Å². The van der Waals surface area contributed by atoms with Gasteiger partial charge < -0.3 is 9.47 Å². The lowest BCUT2D eigenvalue weighted by atomic mass is 9.96. The molecule has 0 N–H and O–H groups in total. The molecule has 0 aliphatic carbocycles. The van der Waals surface area contributed by atoms with Crippen LogP contribution in [0, 0.1) is 0 Å². The quantitative estimate of drug-likeness (QED) is 0.449. The Morgan fingerprint density at radius 2 is 1.67 bits per heavy atom. The standard InChI is InChI=1S/C23H17BrF2N2O2/c24-15-11-9-14(10-12-15)18-13-19-16-5-1-3-7-20(16)29-22(28(19)27-18)17-6-2-4-8-21(17)30-23(25)26/h1-12,19,22-23H,13H2/t19-,22+/m0/s1. The molecule has 0 fully saturated rings. The minimum Gasteiger partial charge on any atom is -0.464 e. The van der Waals surface area contributed by atoms with Crippen LogP contribution in [0.1, 0.15) is 35.4 Å². The van der Waals surface area contributed by atoms with E-state index in [9.17, 15) is 8.78 Å². The molecule has 0 unspecified atom stereocenters. The fourth-order valence-electron chi connectivity index (χ4n) is 3.94. The van der Waals surface area contributed by atoms with Crippen molar-refractivity contribution in [1.29, 1.82) is 0 Å². The van der Waals surface area contributed by atoms with E-state index in [2.05, 4.69) is 15.9 Å². The van der Waals surface area contributed by atoms with Crippen LogP contribution < -0.4 is 9.47 Å². The van der Waals surface area contributed by atoms with Crippen LogP contribution in [0.2, 0.25) is 0 Å². The van der Waals surface area contributed by atoms with Crippen molar-refractivity contribution in [2.45, 2.75) is 25.3 Å². The lowest BCUT2D eigenvalue weighted by Gasteiger charge is -2.38. The van der Waals surface area contributed by atoms with E-state index in [0.29, 0.717) is 12.0 Å². The fourth-order valence-corrected chi connectivity index (χ4v) is 4.21. The second-order valence-corrected chi connectivity index (χ2v) is 7.99. The van der Waals surface area contributed by atoms with Gasteiger partial charge in [-0.3, -0.25) is 0 Å². The van der Waals surface area contributed by atoms with Crippen LogP contribution in [-0.2, 0) is 0 Å². The summed E-state index contributed by atoms with van der Waals surface area (Å²) in [5.74, 6) is 0.811. The van der Waals surface area contributed by atoms with Gasteiger partial charge in [-0.2, -0.15) is 13.9 Å². The smallest absolute Gasteiger partial charge is 0.387 e. The minimum atomic E-state index is -2.92. The molecule has 0 bridgehead atoms. The van der Waals surface area contributed by atoms with E-state index < -0.39 is 12.8 Å². The predicted octanol–water partition coefficient (Wildman–Crippen LogP) is 6.29. The number of rotatable bonds is 4. The Morgan fingerprint density at radius 3 is 2.43 bits per heavy atom. The van der Waals surface area contributed by atoms with Crippen LogP contribution in [0.5, 0.6) is 11.5 Å². The van der Waals surface area contributed by atoms with Gasteiger partial charge in [0.15, 0.2) is 0 Å². The first-order valence-electron chi connectivity index (χ1n) is 9.51. The summed E-state index contributed by atoms with van der Waals surface area (Å²) in [6, 6.07) is 22.4. The van der Waals surface area contributed by atoms with Crippen LogP contribution in [0.3, 0.4) is 0 Å². The van der Waals surface area contributed by atoms with Crippen molar-refractivity contribution >= 4 is 21.6 Å². The summed E-state index contributed by atoms with van der Waals surface area (Å²) in [6.45, 7) is -2.92. The monoisotopic (exact) mass is 470 g/mol. The molecule has 152 valence electrons. The summed E-state index contributed by atoms with van der Waals surface area (Å²) >= 11 is 3.46. The lowest BCUT2D eigenvalue weighted by Crippen LogP contribution is -2.34. The third kappa shape index (κ3) is 3.43. The Balaban J connectivity index is 1.59. The van der Waals surface area contributed by atoms with Crippen molar-refractivity contribution < 1.29 is 18.3 Å². The van der Waals surface area contributed by atoms with E-state index in [1.165, 1.54) is 6.07 Å². The van der Waals surface area contributed by atoms with Gasteiger partial charge in [0.25, 0.3) is 0 Å². The molecule has 0 spiro atoms. The Labute approximate surface area is 180 Å². The number of alkyl halides is 2. The van der Waals surface area contributed by atoms with Gasteiger partial charge in [0.2, 0.25) is 6.23 Å². The molecule has 0 radical (unpaired) electrons. The zero-order valence-corrected chi connectivity index (χ0v) is 17.3. The summed E-state index contributed by atoms with van der Waals surface area (Å²) < 4.78 is 38.0. The highest BCUT2D eigenvalue weighted by molar-refractivity contribution is 9.10. The van der Waals surface area contributed by atoms with Crippen LogP contribution in [0.4, 0.5) is 8.78 Å². The first-order valence-corrected chi connectivity index (χ1v) is 10.3. The Bertz CT molecular complexity index is 1100. The topological polar surface area (TPSA) is 34.1 Å². The first kappa shape index (κ1) is 19.1. The van der Waals surface area contributed by atoms with Gasteiger partial charge in [0, 0.05) is 16.5 Å². The van der Waals surface area contributed by atoms with Crippen molar-refractivity contribution in [3.63, 3.8) is 0 Å². The number of hydrazone groups is 1. The van der Waals surface area contributed by atoms with E-state index in [1.807, 2.05) is 53.5 Å². The molecule has 2 heterocycles. The number of halogens is 3. The highest BCUT2D eigenvalue weighted by atomic mass is 79.9. The molecule has 2 atom stereocenters. The predicted molar refractivity (Wildman–Crippen MR) is 113 cm³/mol. The molecule has 0 saturated heterocycles. The first-order chi connectivity index (χ1) is 14.6. The number of hydrogen-bond donors (Lipinski definition) is 0. The van der Waals surface area contributed by atoms with Crippen LogP contribution in [-0.4, -0.2) is 17.3 Å². The molecule has 0 amide bonds. The zero-order valence-electron chi connectivity index (χ0n) is 15.7. The number of fused-ring (bicyclic) bond motifs is 3. The average molecular weight is 471 g/mol. The van der Waals surface area contributed by atoms with E-state index in [1.54, 1.807) is 18.2 Å². The molecule has 5 rings (SSSR count). The molecule has 30 heavy (non-hydrogen) atoms. The summed E-state index contributed by atoms with van der Waals surface area (Å²) in [5, 5.41) is 6.71. The van der Waals surface area contributed by atoms with Gasteiger partial charge in [-0.1, -0.05) is 58.4 Å². The molecule has 0 saturated carbocycles. The second kappa shape index (κ2) is 7.72. The van der Waals surface area contributed by atoms with Gasteiger partial charge in [0.05, 0.1) is 17.3 Å². The van der Waals surface area contributed by atoms with Gasteiger partial charge in [-0.05, 0) is 35.9 Å². The van der Waals surface area contributed by atoms with E-state index in [-0.39, 0.29) is 11.8 Å². The maximum atomic E-state index is 13.0. The van der Waals surface area contributed by atoms with Crippen molar-refractivity contribution in [2.75, 3.05) is 0 Å². The van der Waals surface area contributed by atoms with Crippen LogP contribution in [0.15, 0.2) is 82.4 Å². The van der Waals surface area contributed by atoms with Gasteiger partial charge >= 0.3 is 6.61 Å². The molecule has 7 heteroatoms. The summed E-state index contributed by atoms with van der Waals surface area (Å²) in [7, 11) is 0. The van der Waals surface area contributed by atoms with Crippen molar-refractivity contribution in [3.8, 4) is 11.5 Å². The average Bonchev–Trinajstić information content (AvgIpc) is 3.19. The number of nitrogens with zero attached hydrogens (tertiary/aromatic N) is 2. The zero-order chi connectivity index (χ0) is 20.7. The molecule has 2 aliphatic heterocycles. The Kier molecular flexibility index (Phi) is 4.90. The van der Waals surface area contributed by atoms with E-state index in [0.717, 1.165) is 27.1 Å². The number of hydrogen-bond acceptors (Lipinski definition) is 4. The van der Waals surface area contributed by atoms with Gasteiger partial charge in [-0.15, -0.1) is 0 Å². The molecular weight excluding hydrogens is 454 g/mol. The largest absolute Gasteiger partial charge is 0.464 e. The molecular formula is C23H17BrF2N2O2. The SMILES string of the molecule is FC(F)Oc1ccccc1[C@H]1Oc2ccccc2[C@@H]2CC(c3ccc(Br)cc3)=NN12. The lowest BCUT2D eigenvalue weighted by molar-refractivity contribution is -0.0578. The number of ether oxygens (including phenoxy) is 2. The highest BCUT2D eigenvalue weighted by Gasteiger charge is 2.41. The highest BCUT2D eigenvalue weighted by Crippen LogP contribution is 2.48. The molecule has 3 aromatic carbocycles. The summed E-state index contributed by atoms with van der Waals surface area (Å²) in [5.41, 5.74) is 3.47. The third-order valence-corrected chi connectivity index (χ3v) is 5.81. The third-order valence-electron chi connectivity index (χ3n) is 5.28. The van der Waals surface area contributed by atoms with Gasteiger partial charge in [-0.25, -0.2) is 5.01 Å². The maximum absolute atomic E-state index is 13.0. The molecule has 3 aromatic rings. The second-order valence-electron chi connectivity index (χ2n) is 7.08. The van der Waals surface area contributed by atoms with E-state index in [4.69, 9.17) is 14.6 Å².